The molecule has 20 heavy (non-hydrogen) atoms. The van der Waals surface area contributed by atoms with Crippen LogP contribution in [0.15, 0.2) is 17.3 Å². The van der Waals surface area contributed by atoms with Crippen molar-refractivity contribution in [1.82, 2.24) is 14.9 Å². The van der Waals surface area contributed by atoms with Gasteiger partial charge in [-0.1, -0.05) is 0 Å². The molecule has 1 aliphatic rings. The van der Waals surface area contributed by atoms with Crippen LogP contribution in [0.3, 0.4) is 0 Å². The normalized spacial score (nSPS) is 15.7. The van der Waals surface area contributed by atoms with Crippen LogP contribution in [0, 0.1) is 0 Å². The van der Waals surface area contributed by atoms with Crippen molar-refractivity contribution in [3.8, 4) is 0 Å². The molecule has 0 aliphatic carbocycles. The minimum atomic E-state index is 0. The van der Waals surface area contributed by atoms with E-state index in [1.807, 2.05) is 30.0 Å². The van der Waals surface area contributed by atoms with Crippen molar-refractivity contribution < 1.29 is 4.74 Å². The van der Waals surface area contributed by atoms with Crippen molar-refractivity contribution in [2.24, 2.45) is 10.7 Å². The van der Waals surface area contributed by atoms with Gasteiger partial charge in [-0.15, -0.1) is 24.0 Å². The van der Waals surface area contributed by atoms with Crippen molar-refractivity contribution in [3.05, 3.63) is 18.0 Å². The first kappa shape index (κ1) is 16.9. The number of nitrogens with zero attached hydrogens (tertiary/aromatic N) is 5. The Labute approximate surface area is 136 Å². The third-order valence-corrected chi connectivity index (χ3v) is 2.84. The van der Waals surface area contributed by atoms with Gasteiger partial charge < -0.3 is 20.3 Å². The van der Waals surface area contributed by atoms with Gasteiger partial charge in [0.1, 0.15) is 0 Å². The number of aromatic nitrogens is 2. The summed E-state index contributed by atoms with van der Waals surface area (Å²) in [5.74, 6) is 1.23. The van der Waals surface area contributed by atoms with Crippen LogP contribution in [0.4, 0.5) is 5.95 Å². The lowest BCUT2D eigenvalue weighted by atomic mass is 10.4. The van der Waals surface area contributed by atoms with Crippen LogP contribution in [0.1, 0.15) is 5.69 Å². The zero-order valence-corrected chi connectivity index (χ0v) is 14.2. The molecule has 0 spiro atoms. The molecule has 0 saturated carbocycles. The maximum atomic E-state index is 5.96. The van der Waals surface area contributed by atoms with E-state index in [-0.39, 0.29) is 24.0 Å². The predicted octanol–water partition coefficient (Wildman–Crippen LogP) is 0.307. The number of anilines is 1. The van der Waals surface area contributed by atoms with E-state index in [0.717, 1.165) is 18.8 Å². The first-order valence-electron chi connectivity index (χ1n) is 6.28. The van der Waals surface area contributed by atoms with Gasteiger partial charge in [0.25, 0.3) is 0 Å². The highest BCUT2D eigenvalue weighted by molar-refractivity contribution is 14.0. The molecule has 1 aliphatic heterocycles. The molecular formula is C12H21IN6O. The largest absolute Gasteiger partial charge is 0.378 e. The van der Waals surface area contributed by atoms with Gasteiger partial charge in [-0.25, -0.2) is 15.0 Å². The summed E-state index contributed by atoms with van der Waals surface area (Å²) in [6.45, 7) is 3.46. The second-order valence-electron chi connectivity index (χ2n) is 4.52. The Morgan fingerprint density at radius 1 is 1.45 bits per heavy atom. The summed E-state index contributed by atoms with van der Waals surface area (Å²) in [4.78, 5) is 16.8. The van der Waals surface area contributed by atoms with Crippen molar-refractivity contribution in [1.29, 1.82) is 0 Å². The first-order chi connectivity index (χ1) is 9.16. The summed E-state index contributed by atoms with van der Waals surface area (Å²) in [5, 5.41) is 0. The summed E-state index contributed by atoms with van der Waals surface area (Å²) in [6.07, 6.45) is 1.73. The molecule has 0 atom stereocenters. The van der Waals surface area contributed by atoms with Crippen LogP contribution in [0.5, 0.6) is 0 Å². The Balaban J connectivity index is 0.00000200. The third-order valence-electron chi connectivity index (χ3n) is 2.84. The van der Waals surface area contributed by atoms with Crippen LogP contribution in [0.25, 0.3) is 0 Å². The fourth-order valence-corrected chi connectivity index (χ4v) is 1.74. The minimum Gasteiger partial charge on any atom is -0.378 e. The number of halogens is 1. The van der Waals surface area contributed by atoms with E-state index < -0.39 is 0 Å². The molecule has 0 radical (unpaired) electrons. The van der Waals surface area contributed by atoms with Crippen LogP contribution < -0.4 is 10.6 Å². The van der Waals surface area contributed by atoms with Gasteiger partial charge in [0.05, 0.1) is 25.5 Å². The Kier molecular flexibility index (Phi) is 6.93. The molecule has 2 heterocycles. The molecule has 2 N–H and O–H groups in total. The standard InChI is InChI=1S/C12H20N6O.HI/c1-17(2)12-14-4-3-10(16-12)9-15-11(13)18-5-7-19-8-6-18;/h3-4H,5-9H2,1-2H3,(H2,13,15);1H. The molecule has 1 aromatic heterocycles. The Morgan fingerprint density at radius 2 is 2.15 bits per heavy atom. The molecule has 0 bridgehead atoms. The number of hydrogen-bond donors (Lipinski definition) is 1. The molecule has 1 fully saturated rings. The van der Waals surface area contributed by atoms with Gasteiger partial charge in [-0.05, 0) is 6.07 Å². The number of aliphatic imine (C=N–C) groups is 1. The van der Waals surface area contributed by atoms with Crippen LogP contribution >= 0.6 is 24.0 Å². The minimum absolute atomic E-state index is 0. The van der Waals surface area contributed by atoms with Crippen molar-refractivity contribution in [3.63, 3.8) is 0 Å². The van der Waals surface area contributed by atoms with Crippen LogP contribution in [0.2, 0.25) is 0 Å². The van der Waals surface area contributed by atoms with Gasteiger partial charge in [-0.3, -0.25) is 0 Å². The molecule has 0 unspecified atom stereocenters. The summed E-state index contributed by atoms with van der Waals surface area (Å²) in [6, 6.07) is 1.85. The van der Waals surface area contributed by atoms with Crippen LogP contribution in [-0.4, -0.2) is 61.2 Å². The summed E-state index contributed by atoms with van der Waals surface area (Å²) in [5.41, 5.74) is 6.82. The lowest BCUT2D eigenvalue weighted by Crippen LogP contribution is -2.44. The number of morpholine rings is 1. The Morgan fingerprint density at radius 3 is 2.80 bits per heavy atom. The molecule has 8 heteroatoms. The summed E-state index contributed by atoms with van der Waals surface area (Å²) in [7, 11) is 3.81. The van der Waals surface area contributed by atoms with Gasteiger partial charge in [-0.2, -0.15) is 0 Å². The predicted molar refractivity (Wildman–Crippen MR) is 89.5 cm³/mol. The SMILES string of the molecule is CN(C)c1nccc(CN=C(N)N2CCOCC2)n1.I. The van der Waals surface area contributed by atoms with Gasteiger partial charge >= 0.3 is 0 Å². The molecular weight excluding hydrogens is 371 g/mol. The van der Waals surface area contributed by atoms with E-state index in [0.29, 0.717) is 31.7 Å². The van der Waals surface area contributed by atoms with Crippen LogP contribution in [-0.2, 0) is 11.3 Å². The average Bonchev–Trinajstić information content (AvgIpc) is 2.46. The van der Waals surface area contributed by atoms with Gasteiger partial charge in [0, 0.05) is 33.4 Å². The molecule has 1 saturated heterocycles. The van der Waals surface area contributed by atoms with Gasteiger partial charge in [0.2, 0.25) is 5.95 Å². The number of nitrogens with two attached hydrogens (primary N) is 1. The monoisotopic (exact) mass is 392 g/mol. The highest BCUT2D eigenvalue weighted by Gasteiger charge is 2.12. The zero-order valence-electron chi connectivity index (χ0n) is 11.8. The smallest absolute Gasteiger partial charge is 0.225 e. The van der Waals surface area contributed by atoms with Crippen molar-refractivity contribution >= 4 is 35.9 Å². The molecule has 0 amide bonds. The molecule has 112 valence electrons. The van der Waals surface area contributed by atoms with E-state index in [1.54, 1.807) is 6.20 Å². The number of ether oxygens (including phenoxy) is 1. The average molecular weight is 392 g/mol. The lowest BCUT2D eigenvalue weighted by molar-refractivity contribution is 0.0674. The van der Waals surface area contributed by atoms with Crippen molar-refractivity contribution in [2.45, 2.75) is 6.54 Å². The van der Waals surface area contributed by atoms with E-state index in [4.69, 9.17) is 10.5 Å². The quantitative estimate of drug-likeness (QED) is 0.453. The Bertz CT molecular complexity index is 447. The summed E-state index contributed by atoms with van der Waals surface area (Å²) < 4.78 is 5.28. The fraction of sp³-hybridized carbons (Fsp3) is 0.583. The highest BCUT2D eigenvalue weighted by atomic mass is 127. The zero-order chi connectivity index (χ0) is 13.7. The molecule has 1 aromatic rings. The van der Waals surface area contributed by atoms with E-state index in [1.165, 1.54) is 0 Å². The summed E-state index contributed by atoms with van der Waals surface area (Å²) >= 11 is 0. The second-order valence-corrected chi connectivity index (χ2v) is 4.52. The maximum Gasteiger partial charge on any atom is 0.225 e. The lowest BCUT2D eigenvalue weighted by Gasteiger charge is -2.27. The Hall–Kier alpha value is -1.16. The maximum absolute atomic E-state index is 5.96. The van der Waals surface area contributed by atoms with Crippen molar-refractivity contribution in [2.75, 3.05) is 45.3 Å². The fourth-order valence-electron chi connectivity index (χ4n) is 1.74. The van der Waals surface area contributed by atoms with E-state index in [9.17, 15) is 0 Å². The topological polar surface area (TPSA) is 79.9 Å². The first-order valence-corrected chi connectivity index (χ1v) is 6.28. The van der Waals surface area contributed by atoms with E-state index >= 15 is 0 Å². The highest BCUT2D eigenvalue weighted by Crippen LogP contribution is 2.05. The molecule has 0 aromatic carbocycles. The number of rotatable bonds is 3. The third kappa shape index (κ3) is 4.75. The van der Waals surface area contributed by atoms with E-state index in [2.05, 4.69) is 15.0 Å². The number of guanidine groups is 1. The van der Waals surface area contributed by atoms with Gasteiger partial charge in [0.15, 0.2) is 5.96 Å². The molecule has 2 rings (SSSR count). The molecule has 7 nitrogen and oxygen atoms in total. The number of hydrogen-bond acceptors (Lipinski definition) is 5. The second kappa shape index (κ2) is 8.20.